The van der Waals surface area contributed by atoms with Gasteiger partial charge >= 0.3 is 0 Å². The largest absolute Gasteiger partial charge is 0.342 e. The first kappa shape index (κ1) is 21.8. The number of piperidine rings is 1. The quantitative estimate of drug-likeness (QED) is 0.648. The molecule has 1 heterocycles. The molecule has 1 atom stereocenters. The van der Waals surface area contributed by atoms with Gasteiger partial charge in [-0.25, -0.2) is 0 Å². The number of rotatable bonds is 8. The topological polar surface area (TPSA) is 49.4 Å². The number of benzene rings is 2. The number of aryl methyl sites for hydroxylation is 2. The molecule has 1 unspecified atom stereocenters. The summed E-state index contributed by atoms with van der Waals surface area (Å²) >= 11 is 0. The molecule has 1 saturated heterocycles. The highest BCUT2D eigenvalue weighted by Crippen LogP contribution is 2.46. The molecule has 0 saturated carbocycles. The Balaban J connectivity index is 1.34. The number of hydrogen-bond acceptors (Lipinski definition) is 3. The summed E-state index contributed by atoms with van der Waals surface area (Å²) in [6.45, 7) is 4.13. The molecule has 31 heavy (non-hydrogen) atoms. The molecule has 0 aromatic heterocycles. The van der Waals surface area contributed by atoms with Crippen LogP contribution in [0, 0.1) is 0 Å². The van der Waals surface area contributed by atoms with E-state index in [0.29, 0.717) is 19.4 Å². The molecule has 0 radical (unpaired) electrons. The molecule has 2 aliphatic rings. The maximum absolute atomic E-state index is 13.0. The summed E-state index contributed by atoms with van der Waals surface area (Å²) in [6.07, 6.45) is 7.67. The lowest BCUT2D eigenvalue weighted by Gasteiger charge is -2.40. The van der Waals surface area contributed by atoms with Crippen molar-refractivity contribution in [3.05, 3.63) is 70.8 Å². The number of carbonyl (C=O) groups is 2. The maximum atomic E-state index is 13.0. The van der Waals surface area contributed by atoms with Crippen molar-refractivity contribution in [2.75, 3.05) is 19.6 Å². The Morgan fingerprint density at radius 2 is 1.84 bits per heavy atom. The minimum absolute atomic E-state index is 0.0258. The zero-order chi connectivity index (χ0) is 21.7. The van der Waals surface area contributed by atoms with Crippen molar-refractivity contribution in [3.63, 3.8) is 0 Å². The lowest BCUT2D eigenvalue weighted by atomic mass is 9.74. The molecular weight excluding hydrogens is 384 g/mol. The molecule has 4 nitrogen and oxygen atoms in total. The van der Waals surface area contributed by atoms with Crippen LogP contribution in [0.25, 0.3) is 0 Å². The van der Waals surface area contributed by atoms with Crippen LogP contribution < -0.4 is 5.32 Å². The highest BCUT2D eigenvalue weighted by atomic mass is 16.2. The molecule has 1 aliphatic heterocycles. The fourth-order valence-corrected chi connectivity index (χ4v) is 5.40. The first-order chi connectivity index (χ1) is 15.1. The first-order valence-corrected chi connectivity index (χ1v) is 11.8. The standard InChI is InChI=1S/C27H34N2O2/c1-2-21-9-11-23(12-10-21)25(8-5-19-30)28-20-26(31)29-17-15-27(16-18-29)14-13-22-6-3-4-7-24(22)27/h3-4,6-7,9-12,19,25,28H,2,5,8,13-18,20H2,1H3. The van der Waals surface area contributed by atoms with Crippen LogP contribution in [0.5, 0.6) is 0 Å². The van der Waals surface area contributed by atoms with Gasteiger partial charge in [-0.1, -0.05) is 55.5 Å². The Morgan fingerprint density at radius 1 is 1.10 bits per heavy atom. The van der Waals surface area contributed by atoms with E-state index in [4.69, 9.17) is 0 Å². The highest BCUT2D eigenvalue weighted by Gasteiger charge is 2.41. The molecule has 1 N–H and O–H groups in total. The summed E-state index contributed by atoms with van der Waals surface area (Å²) in [7, 11) is 0. The SMILES string of the molecule is CCc1ccc(C(CCC=O)NCC(=O)N2CCC3(CCc4ccccc43)CC2)cc1. The van der Waals surface area contributed by atoms with Gasteiger partial charge in [0.05, 0.1) is 6.54 Å². The lowest BCUT2D eigenvalue weighted by molar-refractivity contribution is -0.132. The van der Waals surface area contributed by atoms with Gasteiger partial charge in [0.1, 0.15) is 6.29 Å². The molecule has 4 rings (SSSR count). The number of nitrogens with one attached hydrogen (secondary N) is 1. The van der Waals surface area contributed by atoms with Crippen molar-refractivity contribution in [3.8, 4) is 0 Å². The van der Waals surface area contributed by atoms with E-state index < -0.39 is 0 Å². The Hall–Kier alpha value is -2.46. The van der Waals surface area contributed by atoms with E-state index in [1.54, 1.807) is 0 Å². The number of nitrogens with zero attached hydrogens (tertiary/aromatic N) is 1. The summed E-state index contributed by atoms with van der Waals surface area (Å²) in [6, 6.07) is 17.4. The van der Waals surface area contributed by atoms with Crippen molar-refractivity contribution in [1.29, 1.82) is 0 Å². The van der Waals surface area contributed by atoms with Crippen molar-refractivity contribution in [2.24, 2.45) is 0 Å². The fourth-order valence-electron chi connectivity index (χ4n) is 5.40. The summed E-state index contributed by atoms with van der Waals surface area (Å²) < 4.78 is 0. The molecule has 164 valence electrons. The van der Waals surface area contributed by atoms with E-state index in [-0.39, 0.29) is 17.4 Å². The van der Waals surface area contributed by atoms with Crippen LogP contribution in [0.4, 0.5) is 0 Å². The summed E-state index contributed by atoms with van der Waals surface area (Å²) in [4.78, 5) is 25.9. The fraction of sp³-hybridized carbons (Fsp3) is 0.481. The number of amides is 1. The van der Waals surface area contributed by atoms with Gasteiger partial charge in [0.15, 0.2) is 0 Å². The second-order valence-electron chi connectivity index (χ2n) is 9.09. The third-order valence-corrected chi connectivity index (χ3v) is 7.40. The van der Waals surface area contributed by atoms with Crippen molar-refractivity contribution >= 4 is 12.2 Å². The Bertz CT molecular complexity index is 898. The monoisotopic (exact) mass is 418 g/mol. The molecule has 1 fully saturated rings. The number of fused-ring (bicyclic) bond motifs is 2. The van der Waals surface area contributed by atoms with Gasteiger partial charge in [-0.15, -0.1) is 0 Å². The minimum Gasteiger partial charge on any atom is -0.342 e. The number of likely N-dealkylation sites (tertiary alicyclic amines) is 1. The zero-order valence-corrected chi connectivity index (χ0v) is 18.6. The van der Waals surface area contributed by atoms with Gasteiger partial charge in [0.2, 0.25) is 5.91 Å². The smallest absolute Gasteiger partial charge is 0.236 e. The molecule has 1 amide bonds. The van der Waals surface area contributed by atoms with E-state index in [0.717, 1.165) is 44.2 Å². The highest BCUT2D eigenvalue weighted by molar-refractivity contribution is 5.78. The normalized spacial score (nSPS) is 18.0. The first-order valence-electron chi connectivity index (χ1n) is 11.8. The van der Waals surface area contributed by atoms with E-state index in [1.807, 2.05) is 4.90 Å². The molecule has 2 aromatic carbocycles. The van der Waals surface area contributed by atoms with Gasteiger partial charge in [-0.3, -0.25) is 4.79 Å². The lowest BCUT2D eigenvalue weighted by Crippen LogP contribution is -2.47. The van der Waals surface area contributed by atoms with Crippen molar-refractivity contribution in [1.82, 2.24) is 10.2 Å². The number of hydrogen-bond donors (Lipinski definition) is 1. The summed E-state index contributed by atoms with van der Waals surface area (Å²) in [5, 5.41) is 3.43. The van der Waals surface area contributed by atoms with Crippen LogP contribution in [-0.2, 0) is 27.8 Å². The molecule has 0 bridgehead atoms. The van der Waals surface area contributed by atoms with Crippen LogP contribution in [0.15, 0.2) is 48.5 Å². The van der Waals surface area contributed by atoms with E-state index in [1.165, 1.54) is 29.5 Å². The van der Waals surface area contributed by atoms with Crippen molar-refractivity contribution < 1.29 is 9.59 Å². The average Bonchev–Trinajstić information content (AvgIpc) is 3.18. The molecule has 1 spiro atoms. The molecule has 4 heteroatoms. The summed E-state index contributed by atoms with van der Waals surface area (Å²) in [5.41, 5.74) is 5.73. The number of aldehydes is 1. The third kappa shape index (κ3) is 4.74. The minimum atomic E-state index is 0.0258. The third-order valence-electron chi connectivity index (χ3n) is 7.40. The zero-order valence-electron chi connectivity index (χ0n) is 18.6. The van der Waals surface area contributed by atoms with Crippen LogP contribution >= 0.6 is 0 Å². The Labute approximate surface area is 186 Å². The van der Waals surface area contributed by atoms with Gasteiger partial charge in [0.25, 0.3) is 0 Å². The molecule has 2 aromatic rings. The van der Waals surface area contributed by atoms with Crippen molar-refractivity contribution in [2.45, 2.75) is 63.3 Å². The second kappa shape index (κ2) is 9.78. The Kier molecular flexibility index (Phi) is 6.86. The average molecular weight is 419 g/mol. The van der Waals surface area contributed by atoms with Gasteiger partial charge in [0, 0.05) is 25.6 Å². The maximum Gasteiger partial charge on any atom is 0.236 e. The van der Waals surface area contributed by atoms with E-state index >= 15 is 0 Å². The molecule has 1 aliphatic carbocycles. The van der Waals surface area contributed by atoms with Crippen LogP contribution in [0.1, 0.15) is 67.3 Å². The molecular formula is C27H34N2O2. The van der Waals surface area contributed by atoms with Crippen LogP contribution in [0.3, 0.4) is 0 Å². The Morgan fingerprint density at radius 3 is 2.55 bits per heavy atom. The predicted octanol–water partition coefficient (Wildman–Crippen LogP) is 4.37. The second-order valence-corrected chi connectivity index (χ2v) is 9.09. The van der Waals surface area contributed by atoms with E-state index in [9.17, 15) is 9.59 Å². The van der Waals surface area contributed by atoms with Crippen LogP contribution in [0.2, 0.25) is 0 Å². The van der Waals surface area contributed by atoms with Crippen LogP contribution in [-0.4, -0.2) is 36.7 Å². The van der Waals surface area contributed by atoms with Gasteiger partial charge in [-0.2, -0.15) is 0 Å². The van der Waals surface area contributed by atoms with Gasteiger partial charge < -0.3 is 15.0 Å². The summed E-state index contributed by atoms with van der Waals surface area (Å²) in [5.74, 6) is 0.169. The number of carbonyl (C=O) groups excluding carboxylic acids is 2. The van der Waals surface area contributed by atoms with Gasteiger partial charge in [-0.05, 0) is 66.2 Å². The van der Waals surface area contributed by atoms with E-state index in [2.05, 4.69) is 60.8 Å². The predicted molar refractivity (Wildman–Crippen MR) is 124 cm³/mol.